The molecule has 2 fully saturated rings. The number of nitriles is 1. The van der Waals surface area contributed by atoms with Gasteiger partial charge < -0.3 is 10.6 Å². The smallest absolute Gasteiger partial charge is 0.165 e. The van der Waals surface area contributed by atoms with Crippen molar-refractivity contribution in [3.63, 3.8) is 0 Å². The zero-order valence-corrected chi connectivity index (χ0v) is 9.76. The van der Waals surface area contributed by atoms with E-state index in [1.807, 2.05) is 6.07 Å². The molecule has 0 saturated heterocycles. The summed E-state index contributed by atoms with van der Waals surface area (Å²) >= 11 is 0. The van der Waals surface area contributed by atoms with Gasteiger partial charge in [-0.3, -0.25) is 0 Å². The molecule has 1 heterocycles. The minimum absolute atomic E-state index is 0.351. The summed E-state index contributed by atoms with van der Waals surface area (Å²) in [5, 5.41) is 8.96. The highest BCUT2D eigenvalue weighted by atomic mass is 15.2. The number of hydrogen-bond acceptors (Lipinski definition) is 4. The third-order valence-electron chi connectivity index (χ3n) is 3.45. The molecule has 4 heteroatoms. The molecule has 2 aliphatic rings. The Hall–Kier alpha value is -1.76. The number of nitrogen functional groups attached to an aromatic ring is 1. The third-order valence-corrected chi connectivity index (χ3v) is 3.45. The predicted molar refractivity (Wildman–Crippen MR) is 66.5 cm³/mol. The highest BCUT2D eigenvalue weighted by Crippen LogP contribution is 2.37. The zero-order chi connectivity index (χ0) is 11.8. The topological polar surface area (TPSA) is 65.9 Å². The summed E-state index contributed by atoms with van der Waals surface area (Å²) in [7, 11) is 0. The van der Waals surface area contributed by atoms with Gasteiger partial charge in [0.05, 0.1) is 5.69 Å². The molecule has 17 heavy (non-hydrogen) atoms. The monoisotopic (exact) mass is 228 g/mol. The molecular formula is C13H16N4. The first-order valence-corrected chi connectivity index (χ1v) is 6.21. The average Bonchev–Trinajstić information content (AvgIpc) is 3.19. The lowest BCUT2D eigenvalue weighted by molar-refractivity contribution is 0.709. The van der Waals surface area contributed by atoms with Crippen LogP contribution in [-0.2, 0) is 0 Å². The van der Waals surface area contributed by atoms with E-state index in [4.69, 9.17) is 11.0 Å². The highest BCUT2D eigenvalue weighted by Gasteiger charge is 2.34. The molecule has 2 N–H and O–H groups in total. The van der Waals surface area contributed by atoms with Crippen molar-refractivity contribution in [1.29, 1.82) is 5.26 Å². The quantitative estimate of drug-likeness (QED) is 0.855. The number of nitrogens with zero attached hydrogens (tertiary/aromatic N) is 3. The summed E-state index contributed by atoms with van der Waals surface area (Å²) in [5.74, 6) is 1.76. The van der Waals surface area contributed by atoms with E-state index in [0.717, 1.165) is 18.3 Å². The predicted octanol–water partition coefficient (Wildman–Crippen LogP) is 1.91. The van der Waals surface area contributed by atoms with Gasteiger partial charge >= 0.3 is 0 Å². The first kappa shape index (κ1) is 10.4. The van der Waals surface area contributed by atoms with E-state index in [1.54, 1.807) is 6.07 Å². The van der Waals surface area contributed by atoms with Crippen LogP contribution < -0.4 is 10.6 Å². The summed E-state index contributed by atoms with van der Waals surface area (Å²) in [4.78, 5) is 6.73. The molecule has 0 spiro atoms. The van der Waals surface area contributed by atoms with Crippen molar-refractivity contribution < 1.29 is 0 Å². The van der Waals surface area contributed by atoms with Crippen LogP contribution in [0, 0.1) is 17.2 Å². The van der Waals surface area contributed by atoms with E-state index in [1.165, 1.54) is 25.7 Å². The van der Waals surface area contributed by atoms with E-state index in [-0.39, 0.29) is 0 Å². The maximum Gasteiger partial charge on any atom is 0.165 e. The van der Waals surface area contributed by atoms with Crippen LogP contribution in [0.4, 0.5) is 11.5 Å². The standard InChI is InChI=1S/C13H16N4/c14-7-12-11(15)5-6-13(16-12)17(10-3-4-10)8-9-1-2-9/h5-6,9-10H,1-4,8,15H2. The van der Waals surface area contributed by atoms with Gasteiger partial charge in [0.25, 0.3) is 0 Å². The fourth-order valence-electron chi connectivity index (χ4n) is 2.10. The second-order valence-electron chi connectivity index (χ2n) is 5.05. The Morgan fingerprint density at radius 3 is 2.71 bits per heavy atom. The van der Waals surface area contributed by atoms with Crippen LogP contribution in [0.5, 0.6) is 0 Å². The van der Waals surface area contributed by atoms with Crippen LogP contribution in [0.3, 0.4) is 0 Å². The largest absolute Gasteiger partial charge is 0.396 e. The summed E-state index contributed by atoms with van der Waals surface area (Å²) in [6.07, 6.45) is 5.17. The van der Waals surface area contributed by atoms with Gasteiger partial charge in [-0.25, -0.2) is 4.98 Å². The SMILES string of the molecule is N#Cc1nc(N(CC2CC2)C2CC2)ccc1N. The molecule has 3 rings (SSSR count). The van der Waals surface area contributed by atoms with Crippen molar-refractivity contribution in [2.75, 3.05) is 17.2 Å². The van der Waals surface area contributed by atoms with Gasteiger partial charge in [0, 0.05) is 12.6 Å². The van der Waals surface area contributed by atoms with E-state index < -0.39 is 0 Å². The van der Waals surface area contributed by atoms with Crippen LogP contribution in [-0.4, -0.2) is 17.6 Å². The van der Waals surface area contributed by atoms with Gasteiger partial charge in [0.1, 0.15) is 11.9 Å². The molecule has 0 bridgehead atoms. The Kier molecular flexibility index (Phi) is 2.40. The van der Waals surface area contributed by atoms with Crippen molar-refractivity contribution in [1.82, 2.24) is 4.98 Å². The maximum atomic E-state index is 8.96. The molecule has 0 atom stereocenters. The van der Waals surface area contributed by atoms with Crippen LogP contribution in [0.2, 0.25) is 0 Å². The molecule has 4 nitrogen and oxygen atoms in total. The minimum Gasteiger partial charge on any atom is -0.396 e. The molecule has 2 aliphatic carbocycles. The lowest BCUT2D eigenvalue weighted by Crippen LogP contribution is -2.29. The van der Waals surface area contributed by atoms with Crippen molar-refractivity contribution >= 4 is 11.5 Å². The Morgan fingerprint density at radius 2 is 2.12 bits per heavy atom. The molecule has 0 unspecified atom stereocenters. The average molecular weight is 228 g/mol. The Morgan fingerprint density at radius 1 is 1.35 bits per heavy atom. The number of aromatic nitrogens is 1. The fourth-order valence-corrected chi connectivity index (χ4v) is 2.10. The second-order valence-corrected chi connectivity index (χ2v) is 5.05. The summed E-state index contributed by atoms with van der Waals surface area (Å²) in [6.45, 7) is 1.09. The van der Waals surface area contributed by atoms with Gasteiger partial charge in [0.15, 0.2) is 5.69 Å². The number of anilines is 2. The van der Waals surface area contributed by atoms with E-state index in [2.05, 4.69) is 16.0 Å². The van der Waals surface area contributed by atoms with Crippen molar-refractivity contribution in [2.45, 2.75) is 31.7 Å². The Bertz CT molecular complexity index is 469. The molecule has 88 valence electrons. The van der Waals surface area contributed by atoms with E-state index in [9.17, 15) is 0 Å². The lowest BCUT2D eigenvalue weighted by Gasteiger charge is -2.23. The summed E-state index contributed by atoms with van der Waals surface area (Å²) < 4.78 is 0. The molecule has 2 saturated carbocycles. The number of rotatable bonds is 4. The summed E-state index contributed by atoms with van der Waals surface area (Å²) in [5.41, 5.74) is 6.52. The normalized spacial score (nSPS) is 18.8. The van der Waals surface area contributed by atoms with E-state index >= 15 is 0 Å². The minimum atomic E-state index is 0.351. The van der Waals surface area contributed by atoms with Crippen LogP contribution in [0.1, 0.15) is 31.4 Å². The van der Waals surface area contributed by atoms with Crippen LogP contribution >= 0.6 is 0 Å². The van der Waals surface area contributed by atoms with Gasteiger partial charge in [-0.2, -0.15) is 5.26 Å². The molecular weight excluding hydrogens is 212 g/mol. The zero-order valence-electron chi connectivity index (χ0n) is 9.76. The Balaban J connectivity index is 1.86. The van der Waals surface area contributed by atoms with Gasteiger partial charge in [-0.15, -0.1) is 0 Å². The van der Waals surface area contributed by atoms with Crippen molar-refractivity contribution in [3.05, 3.63) is 17.8 Å². The fraction of sp³-hybridized carbons (Fsp3) is 0.538. The first-order chi connectivity index (χ1) is 8.28. The van der Waals surface area contributed by atoms with Gasteiger partial charge in [-0.1, -0.05) is 0 Å². The van der Waals surface area contributed by atoms with Gasteiger partial charge in [-0.05, 0) is 43.7 Å². The first-order valence-electron chi connectivity index (χ1n) is 6.21. The molecule has 0 aliphatic heterocycles. The lowest BCUT2D eigenvalue weighted by atomic mass is 10.3. The third kappa shape index (κ3) is 2.19. The van der Waals surface area contributed by atoms with E-state index in [0.29, 0.717) is 17.4 Å². The summed E-state index contributed by atoms with van der Waals surface area (Å²) in [6, 6.07) is 6.43. The Labute approximate surface area is 101 Å². The number of nitrogens with two attached hydrogens (primary N) is 1. The number of hydrogen-bond donors (Lipinski definition) is 1. The molecule has 0 amide bonds. The molecule has 1 aromatic heterocycles. The number of pyridine rings is 1. The highest BCUT2D eigenvalue weighted by molar-refractivity contribution is 5.56. The van der Waals surface area contributed by atoms with Gasteiger partial charge in [0.2, 0.25) is 0 Å². The molecule has 0 radical (unpaired) electrons. The maximum absolute atomic E-state index is 8.96. The second kappa shape index (κ2) is 3.92. The van der Waals surface area contributed by atoms with Crippen molar-refractivity contribution in [2.24, 2.45) is 5.92 Å². The molecule has 0 aromatic carbocycles. The van der Waals surface area contributed by atoms with Crippen molar-refractivity contribution in [3.8, 4) is 6.07 Å². The molecule has 1 aromatic rings. The van der Waals surface area contributed by atoms with Crippen LogP contribution in [0.25, 0.3) is 0 Å². The van der Waals surface area contributed by atoms with Crippen LogP contribution in [0.15, 0.2) is 12.1 Å².